The lowest BCUT2D eigenvalue weighted by Gasteiger charge is -2.16. The Balaban J connectivity index is 1.35. The molecule has 1 amide bonds. The van der Waals surface area contributed by atoms with Gasteiger partial charge >= 0.3 is 0 Å². The Morgan fingerprint density at radius 1 is 1.22 bits per heavy atom. The van der Waals surface area contributed by atoms with E-state index in [-0.39, 0.29) is 11.5 Å². The predicted octanol–water partition coefficient (Wildman–Crippen LogP) is 2.59. The molecule has 0 bridgehead atoms. The van der Waals surface area contributed by atoms with Crippen molar-refractivity contribution in [2.75, 3.05) is 13.1 Å². The fourth-order valence-corrected chi connectivity index (χ4v) is 5.18. The first-order valence-electron chi connectivity index (χ1n) is 11.3. The van der Waals surface area contributed by atoms with Crippen LogP contribution >= 0.6 is 0 Å². The minimum Gasteiger partial charge on any atom is -0.310 e. The van der Waals surface area contributed by atoms with Gasteiger partial charge in [0, 0.05) is 31.1 Å². The molecule has 2 unspecified atom stereocenters. The van der Waals surface area contributed by atoms with Crippen LogP contribution in [-0.2, 0) is 6.54 Å². The molecule has 3 aromatic rings. The number of carbonyl (C=O) groups excluding carboxylic acids is 1. The van der Waals surface area contributed by atoms with Crippen molar-refractivity contribution in [3.05, 3.63) is 57.8 Å². The lowest BCUT2D eigenvalue weighted by Crippen LogP contribution is -2.22. The number of aromatic nitrogens is 4. The maximum Gasteiger partial charge on any atom is 0.274 e. The van der Waals surface area contributed by atoms with Crippen molar-refractivity contribution in [2.24, 2.45) is 5.92 Å². The van der Waals surface area contributed by atoms with E-state index in [1.54, 1.807) is 23.8 Å². The molecule has 0 radical (unpaired) electrons. The third-order valence-electron chi connectivity index (χ3n) is 6.92. The number of rotatable bonds is 5. The number of benzene rings is 1. The number of hydrogen-bond acceptors (Lipinski definition) is 6. The van der Waals surface area contributed by atoms with Crippen LogP contribution in [0.4, 0.5) is 0 Å². The van der Waals surface area contributed by atoms with Gasteiger partial charge in [0.15, 0.2) is 5.65 Å². The van der Waals surface area contributed by atoms with Crippen LogP contribution in [0, 0.1) is 5.92 Å². The summed E-state index contributed by atoms with van der Waals surface area (Å²) in [7, 11) is 0. The summed E-state index contributed by atoms with van der Waals surface area (Å²) < 4.78 is 1.96. The summed E-state index contributed by atoms with van der Waals surface area (Å²) in [6, 6.07) is 7.54. The van der Waals surface area contributed by atoms with Crippen LogP contribution in [-0.4, -0.2) is 48.9 Å². The highest BCUT2D eigenvalue weighted by molar-refractivity contribution is 5.93. The molecule has 0 spiro atoms. The zero-order valence-electron chi connectivity index (χ0n) is 18.1. The van der Waals surface area contributed by atoms with Gasteiger partial charge in [-0.25, -0.2) is 15.1 Å². The van der Waals surface area contributed by atoms with Gasteiger partial charge in [-0.05, 0) is 36.5 Å². The number of H-pyrrole nitrogens is 1. The molecule has 2 fully saturated rings. The second-order valence-electron chi connectivity index (χ2n) is 9.13. The summed E-state index contributed by atoms with van der Waals surface area (Å²) in [4.78, 5) is 34.5. The number of hydrogen-bond donors (Lipinski definition) is 3. The van der Waals surface area contributed by atoms with Crippen LogP contribution in [0.5, 0.6) is 0 Å². The fourth-order valence-electron chi connectivity index (χ4n) is 5.18. The Hall–Kier alpha value is -3.04. The van der Waals surface area contributed by atoms with E-state index in [1.807, 2.05) is 16.8 Å². The third kappa shape index (κ3) is 3.82. The van der Waals surface area contributed by atoms with Gasteiger partial charge in [0.1, 0.15) is 11.2 Å². The van der Waals surface area contributed by atoms with Crippen molar-refractivity contribution in [2.45, 2.75) is 51.1 Å². The number of nitrogens with zero attached hydrogens (tertiary/aromatic N) is 4. The topological polar surface area (TPSA) is 116 Å². The quantitative estimate of drug-likeness (QED) is 0.418. The normalized spacial score (nSPS) is 22.1. The van der Waals surface area contributed by atoms with Gasteiger partial charge in [-0.15, -0.1) is 0 Å². The standard InChI is InChI=1S/C23H28N6O3/c1-14-11-28(12-15-6-8-16(9-7-15)22(30)27-32)13-19(14)20-25-21-18(23(31)26-20)10-24-29(21)17-4-2-3-5-17/h6-10,14,17,19,32H,2-5,11-13H2,1H3,(H,27,30)(H,25,26,31). The maximum atomic E-state index is 12.8. The molecule has 5 rings (SSSR count). The molecule has 3 heterocycles. The molecule has 9 nitrogen and oxygen atoms in total. The number of fused-ring (bicyclic) bond motifs is 1. The number of nitrogens with one attached hydrogen (secondary N) is 2. The molecule has 9 heteroatoms. The second kappa shape index (κ2) is 8.48. The summed E-state index contributed by atoms with van der Waals surface area (Å²) in [6.45, 7) is 4.63. The molecule has 2 atom stereocenters. The monoisotopic (exact) mass is 436 g/mol. The number of likely N-dealkylation sites (tertiary alicyclic amines) is 1. The third-order valence-corrected chi connectivity index (χ3v) is 6.92. The number of amides is 1. The van der Waals surface area contributed by atoms with Crippen molar-refractivity contribution in [3.63, 3.8) is 0 Å². The van der Waals surface area contributed by atoms with E-state index >= 15 is 0 Å². The van der Waals surface area contributed by atoms with E-state index in [0.29, 0.717) is 28.6 Å². The first-order chi connectivity index (χ1) is 15.5. The van der Waals surface area contributed by atoms with Crippen LogP contribution in [0.25, 0.3) is 11.0 Å². The van der Waals surface area contributed by atoms with Crippen molar-refractivity contribution in [1.29, 1.82) is 0 Å². The van der Waals surface area contributed by atoms with Crippen LogP contribution < -0.4 is 11.0 Å². The molecular weight excluding hydrogens is 408 g/mol. The first-order valence-corrected chi connectivity index (χ1v) is 11.3. The highest BCUT2D eigenvalue weighted by atomic mass is 16.5. The Bertz CT molecular complexity index is 1180. The van der Waals surface area contributed by atoms with Gasteiger partial charge in [-0.3, -0.25) is 19.7 Å². The predicted molar refractivity (Wildman–Crippen MR) is 119 cm³/mol. The van der Waals surface area contributed by atoms with Gasteiger partial charge in [0.2, 0.25) is 0 Å². The van der Waals surface area contributed by atoms with Gasteiger partial charge in [0.25, 0.3) is 11.5 Å². The Morgan fingerprint density at radius 2 is 1.97 bits per heavy atom. The summed E-state index contributed by atoms with van der Waals surface area (Å²) in [5.41, 5.74) is 3.74. The summed E-state index contributed by atoms with van der Waals surface area (Å²) in [5, 5.41) is 13.8. The van der Waals surface area contributed by atoms with Crippen LogP contribution in [0.15, 0.2) is 35.3 Å². The van der Waals surface area contributed by atoms with Crippen molar-refractivity contribution in [1.82, 2.24) is 30.1 Å². The number of carbonyl (C=O) groups is 1. The molecule has 1 saturated heterocycles. The summed E-state index contributed by atoms with van der Waals surface area (Å²) in [5.74, 6) is 0.706. The molecule has 1 aliphatic carbocycles. The molecule has 2 aliphatic rings. The molecule has 168 valence electrons. The first kappa shape index (κ1) is 20.8. The lowest BCUT2D eigenvalue weighted by molar-refractivity contribution is 0.0706. The van der Waals surface area contributed by atoms with E-state index in [0.717, 1.165) is 43.9 Å². The maximum absolute atomic E-state index is 12.8. The zero-order chi connectivity index (χ0) is 22.2. The Labute approximate surface area is 185 Å². The van der Waals surface area contributed by atoms with Crippen molar-refractivity contribution >= 4 is 16.9 Å². The second-order valence-corrected chi connectivity index (χ2v) is 9.13. The van der Waals surface area contributed by atoms with Gasteiger partial charge in [-0.1, -0.05) is 31.9 Å². The van der Waals surface area contributed by atoms with Gasteiger partial charge in [0.05, 0.1) is 12.2 Å². The molecule has 2 aromatic heterocycles. The number of aromatic amines is 1. The highest BCUT2D eigenvalue weighted by Crippen LogP contribution is 2.33. The molecule has 3 N–H and O–H groups in total. The molecule has 32 heavy (non-hydrogen) atoms. The largest absolute Gasteiger partial charge is 0.310 e. The minimum absolute atomic E-state index is 0.113. The Morgan fingerprint density at radius 3 is 2.69 bits per heavy atom. The minimum atomic E-state index is -0.520. The fraction of sp³-hybridized carbons (Fsp3) is 0.478. The van der Waals surface area contributed by atoms with Gasteiger partial charge in [-0.2, -0.15) is 5.10 Å². The molecular formula is C23H28N6O3. The average Bonchev–Trinajstić information content (AvgIpc) is 3.53. The smallest absolute Gasteiger partial charge is 0.274 e. The summed E-state index contributed by atoms with van der Waals surface area (Å²) >= 11 is 0. The highest BCUT2D eigenvalue weighted by Gasteiger charge is 2.33. The van der Waals surface area contributed by atoms with Crippen LogP contribution in [0.1, 0.15) is 66.3 Å². The van der Waals surface area contributed by atoms with E-state index in [9.17, 15) is 9.59 Å². The van der Waals surface area contributed by atoms with E-state index in [2.05, 4.69) is 21.9 Å². The van der Waals surface area contributed by atoms with Crippen molar-refractivity contribution < 1.29 is 10.0 Å². The van der Waals surface area contributed by atoms with Crippen molar-refractivity contribution in [3.8, 4) is 0 Å². The molecule has 1 aromatic carbocycles. The van der Waals surface area contributed by atoms with Gasteiger partial charge < -0.3 is 4.98 Å². The molecule has 1 aliphatic heterocycles. The Kier molecular flexibility index (Phi) is 5.52. The molecule has 1 saturated carbocycles. The number of hydroxylamine groups is 1. The van der Waals surface area contributed by atoms with E-state index in [1.165, 1.54) is 12.8 Å². The average molecular weight is 437 g/mol. The summed E-state index contributed by atoms with van der Waals surface area (Å²) in [6.07, 6.45) is 6.22. The van der Waals surface area contributed by atoms with Crippen LogP contribution in [0.2, 0.25) is 0 Å². The van der Waals surface area contributed by atoms with E-state index in [4.69, 9.17) is 10.2 Å². The lowest BCUT2D eigenvalue weighted by atomic mass is 9.97. The SMILES string of the molecule is CC1CN(Cc2ccc(C(=O)NO)cc2)CC1c1nc2c(cnn2C2CCCC2)c(=O)[nH]1. The zero-order valence-corrected chi connectivity index (χ0v) is 18.1. The van der Waals surface area contributed by atoms with Crippen LogP contribution in [0.3, 0.4) is 0 Å². The van der Waals surface area contributed by atoms with E-state index < -0.39 is 5.91 Å².